The van der Waals surface area contributed by atoms with Crippen LogP contribution in [-0.2, 0) is 5.88 Å². The van der Waals surface area contributed by atoms with Gasteiger partial charge in [0.1, 0.15) is 0 Å². The molecule has 1 heterocycles. The van der Waals surface area contributed by atoms with E-state index >= 15 is 0 Å². The van der Waals surface area contributed by atoms with Crippen molar-refractivity contribution in [3.05, 3.63) is 54.1 Å². The lowest BCUT2D eigenvalue weighted by Gasteiger charge is -2.02. The van der Waals surface area contributed by atoms with E-state index in [2.05, 4.69) is 23.2 Å². The molecule has 0 bridgehead atoms. The first-order valence-corrected chi connectivity index (χ1v) is 5.75. The first kappa shape index (κ1) is 9.61. The zero-order chi connectivity index (χ0) is 11.0. The van der Waals surface area contributed by atoms with Gasteiger partial charge in [0.05, 0.1) is 11.0 Å². The van der Waals surface area contributed by atoms with E-state index in [-0.39, 0.29) is 0 Å². The molecule has 1 aromatic heterocycles. The zero-order valence-corrected chi connectivity index (χ0v) is 9.41. The van der Waals surface area contributed by atoms with Crippen LogP contribution in [0.1, 0.15) is 5.56 Å². The van der Waals surface area contributed by atoms with Gasteiger partial charge >= 0.3 is 0 Å². The lowest BCUT2D eigenvalue weighted by Crippen LogP contribution is -1.84. The van der Waals surface area contributed by atoms with Crippen LogP contribution in [0.2, 0.25) is 0 Å². The normalized spacial score (nSPS) is 11.1. The molecular weight excluding hydrogens is 218 g/mol. The molecule has 0 amide bonds. The van der Waals surface area contributed by atoms with E-state index in [1.54, 1.807) is 0 Å². The van der Waals surface area contributed by atoms with Crippen molar-refractivity contribution in [2.24, 2.45) is 0 Å². The third kappa shape index (κ3) is 1.54. The van der Waals surface area contributed by atoms with Crippen molar-refractivity contribution in [2.45, 2.75) is 5.88 Å². The number of benzene rings is 2. The van der Waals surface area contributed by atoms with E-state index < -0.39 is 0 Å². The molecule has 2 heteroatoms. The fourth-order valence-electron chi connectivity index (χ4n) is 1.91. The summed E-state index contributed by atoms with van der Waals surface area (Å²) < 4.78 is 0. The Morgan fingerprint density at radius 2 is 1.69 bits per heavy atom. The van der Waals surface area contributed by atoms with E-state index in [1.165, 1.54) is 5.39 Å². The molecule has 0 spiro atoms. The SMILES string of the molecule is ClCc1ccc2nc3ccccc3cc2c1. The molecule has 0 N–H and O–H groups in total. The van der Waals surface area contributed by atoms with Crippen LogP contribution in [0.3, 0.4) is 0 Å². The molecule has 0 saturated heterocycles. The number of rotatable bonds is 1. The third-order valence-electron chi connectivity index (χ3n) is 2.73. The lowest BCUT2D eigenvalue weighted by molar-refractivity contribution is 1.41. The molecule has 0 fully saturated rings. The maximum atomic E-state index is 5.83. The van der Waals surface area contributed by atoms with Gasteiger partial charge in [-0.2, -0.15) is 0 Å². The quantitative estimate of drug-likeness (QED) is 0.450. The van der Waals surface area contributed by atoms with Crippen LogP contribution in [0, 0.1) is 0 Å². The number of para-hydroxylation sites is 1. The number of alkyl halides is 1. The molecule has 0 unspecified atom stereocenters. The number of hydrogen-bond acceptors (Lipinski definition) is 1. The Bertz CT molecular complexity index is 661. The molecule has 1 nitrogen and oxygen atoms in total. The lowest BCUT2D eigenvalue weighted by atomic mass is 10.1. The minimum atomic E-state index is 0.544. The Morgan fingerprint density at radius 1 is 0.875 bits per heavy atom. The van der Waals surface area contributed by atoms with Crippen LogP contribution in [-0.4, -0.2) is 4.98 Å². The van der Waals surface area contributed by atoms with E-state index in [9.17, 15) is 0 Å². The first-order valence-electron chi connectivity index (χ1n) is 5.21. The second kappa shape index (κ2) is 3.76. The van der Waals surface area contributed by atoms with Crippen LogP contribution in [0.4, 0.5) is 0 Å². The highest BCUT2D eigenvalue weighted by Crippen LogP contribution is 2.21. The topological polar surface area (TPSA) is 12.9 Å². The zero-order valence-electron chi connectivity index (χ0n) is 8.65. The van der Waals surface area contributed by atoms with Gasteiger partial charge in [-0.15, -0.1) is 11.6 Å². The highest BCUT2D eigenvalue weighted by atomic mass is 35.5. The fraction of sp³-hybridized carbons (Fsp3) is 0.0714. The Hall–Kier alpha value is -1.60. The fourth-order valence-corrected chi connectivity index (χ4v) is 2.08. The van der Waals surface area contributed by atoms with Gasteiger partial charge in [-0.1, -0.05) is 24.3 Å². The molecule has 0 aliphatic heterocycles. The maximum Gasteiger partial charge on any atom is 0.0709 e. The van der Waals surface area contributed by atoms with Gasteiger partial charge in [-0.3, -0.25) is 0 Å². The van der Waals surface area contributed by atoms with Crippen LogP contribution < -0.4 is 0 Å². The second-order valence-electron chi connectivity index (χ2n) is 3.84. The smallest absolute Gasteiger partial charge is 0.0709 e. The number of hydrogen-bond donors (Lipinski definition) is 0. The predicted molar refractivity (Wildman–Crippen MR) is 68.8 cm³/mol. The van der Waals surface area contributed by atoms with Crippen molar-refractivity contribution >= 4 is 33.4 Å². The van der Waals surface area contributed by atoms with Crippen molar-refractivity contribution in [2.75, 3.05) is 0 Å². The second-order valence-corrected chi connectivity index (χ2v) is 4.11. The molecular formula is C14H10ClN. The molecule has 0 aliphatic rings. The van der Waals surface area contributed by atoms with Gasteiger partial charge < -0.3 is 0 Å². The van der Waals surface area contributed by atoms with Crippen LogP contribution in [0.5, 0.6) is 0 Å². The van der Waals surface area contributed by atoms with Crippen LogP contribution in [0.25, 0.3) is 21.8 Å². The van der Waals surface area contributed by atoms with Gasteiger partial charge in [0.2, 0.25) is 0 Å². The minimum Gasteiger partial charge on any atom is -0.248 e. The highest BCUT2D eigenvalue weighted by Gasteiger charge is 2.00. The Kier molecular flexibility index (Phi) is 2.26. The van der Waals surface area contributed by atoms with E-state index in [4.69, 9.17) is 11.6 Å². The number of halogens is 1. The van der Waals surface area contributed by atoms with Crippen molar-refractivity contribution in [3.8, 4) is 0 Å². The summed E-state index contributed by atoms with van der Waals surface area (Å²) in [6.07, 6.45) is 0. The molecule has 78 valence electrons. The van der Waals surface area contributed by atoms with Gasteiger partial charge in [0.25, 0.3) is 0 Å². The van der Waals surface area contributed by atoms with Gasteiger partial charge in [0, 0.05) is 16.7 Å². The van der Waals surface area contributed by atoms with Crippen molar-refractivity contribution in [1.29, 1.82) is 0 Å². The summed E-state index contributed by atoms with van der Waals surface area (Å²) in [7, 11) is 0. The van der Waals surface area contributed by atoms with Crippen LogP contribution >= 0.6 is 11.6 Å². The van der Waals surface area contributed by atoms with E-state index in [0.29, 0.717) is 5.88 Å². The molecule has 0 atom stereocenters. The molecule has 0 saturated carbocycles. The summed E-state index contributed by atoms with van der Waals surface area (Å²) in [5.41, 5.74) is 3.19. The summed E-state index contributed by atoms with van der Waals surface area (Å²) in [5.74, 6) is 0.544. The number of fused-ring (bicyclic) bond motifs is 2. The Morgan fingerprint density at radius 3 is 2.56 bits per heavy atom. The monoisotopic (exact) mass is 227 g/mol. The Labute approximate surface area is 98.7 Å². The summed E-state index contributed by atoms with van der Waals surface area (Å²) >= 11 is 5.83. The van der Waals surface area contributed by atoms with Gasteiger partial charge in [-0.05, 0) is 29.8 Å². The minimum absolute atomic E-state index is 0.544. The third-order valence-corrected chi connectivity index (χ3v) is 3.04. The van der Waals surface area contributed by atoms with Crippen molar-refractivity contribution in [1.82, 2.24) is 4.98 Å². The largest absolute Gasteiger partial charge is 0.248 e. The predicted octanol–water partition coefficient (Wildman–Crippen LogP) is 4.13. The standard InChI is InChI=1S/C14H10ClN/c15-9-10-5-6-14-12(7-10)8-11-3-1-2-4-13(11)16-14/h1-8H,9H2. The van der Waals surface area contributed by atoms with Crippen molar-refractivity contribution < 1.29 is 0 Å². The molecule has 2 aromatic carbocycles. The Balaban J connectivity index is 2.37. The van der Waals surface area contributed by atoms with Gasteiger partial charge in [0.15, 0.2) is 0 Å². The van der Waals surface area contributed by atoms with Crippen molar-refractivity contribution in [3.63, 3.8) is 0 Å². The number of nitrogens with zero attached hydrogens (tertiary/aromatic N) is 1. The molecule has 0 radical (unpaired) electrons. The van der Waals surface area contributed by atoms with Crippen LogP contribution in [0.15, 0.2) is 48.5 Å². The highest BCUT2D eigenvalue weighted by molar-refractivity contribution is 6.17. The average Bonchev–Trinajstić information content (AvgIpc) is 2.35. The number of pyridine rings is 1. The summed E-state index contributed by atoms with van der Waals surface area (Å²) in [5, 5.41) is 2.32. The average molecular weight is 228 g/mol. The molecule has 3 aromatic rings. The maximum absolute atomic E-state index is 5.83. The van der Waals surface area contributed by atoms with E-state index in [0.717, 1.165) is 22.0 Å². The summed E-state index contributed by atoms with van der Waals surface area (Å²) in [4.78, 5) is 4.61. The first-order chi connectivity index (χ1) is 7.86. The molecule has 0 aliphatic carbocycles. The summed E-state index contributed by atoms with van der Waals surface area (Å²) in [6.45, 7) is 0. The molecule has 3 rings (SSSR count). The van der Waals surface area contributed by atoms with E-state index in [1.807, 2.05) is 30.3 Å². The molecule has 16 heavy (non-hydrogen) atoms. The number of aromatic nitrogens is 1. The summed E-state index contributed by atoms with van der Waals surface area (Å²) in [6, 6.07) is 16.5. The van der Waals surface area contributed by atoms with Gasteiger partial charge in [-0.25, -0.2) is 4.98 Å².